The molecule has 2 nitrogen and oxygen atoms in total. The van der Waals surface area contributed by atoms with Crippen LogP contribution in [0.4, 0.5) is 0 Å². The maximum Gasteiger partial charge on any atom is 0.0573 e. The first kappa shape index (κ1) is 8.50. The number of pyridine rings is 1. The van der Waals surface area contributed by atoms with E-state index >= 15 is 0 Å². The van der Waals surface area contributed by atoms with E-state index in [4.69, 9.17) is 0 Å². The van der Waals surface area contributed by atoms with Crippen LogP contribution >= 0.6 is 12.4 Å². The van der Waals surface area contributed by atoms with Gasteiger partial charge in [-0.25, -0.2) is 0 Å². The third-order valence-electron chi connectivity index (χ3n) is 1.87. The van der Waals surface area contributed by atoms with E-state index in [9.17, 15) is 0 Å². The molecule has 1 N–H and O–H groups in total. The molecular formula is C8H11ClN2. The number of rotatable bonds is 1. The Hall–Kier alpha value is -0.600. The van der Waals surface area contributed by atoms with Crippen LogP contribution in [0.25, 0.3) is 0 Å². The molecule has 1 aliphatic rings. The number of nitrogens with zero attached hydrogens (tertiary/aromatic N) is 1. The largest absolute Gasteiger partial charge is 0.309 e. The zero-order valence-corrected chi connectivity index (χ0v) is 6.97. The van der Waals surface area contributed by atoms with Crippen molar-refractivity contribution in [1.82, 2.24) is 10.3 Å². The van der Waals surface area contributed by atoms with Gasteiger partial charge in [0.15, 0.2) is 0 Å². The van der Waals surface area contributed by atoms with E-state index in [1.807, 2.05) is 18.3 Å². The Bertz CT molecular complexity index is 209. The Morgan fingerprint density at radius 1 is 1.45 bits per heavy atom. The van der Waals surface area contributed by atoms with Crippen molar-refractivity contribution in [2.75, 3.05) is 6.54 Å². The SMILES string of the molecule is Cl.c1ccc([C@H]2CCN2)nc1. The van der Waals surface area contributed by atoms with E-state index in [0.29, 0.717) is 6.04 Å². The number of hydrogen-bond donors (Lipinski definition) is 1. The molecular weight excluding hydrogens is 160 g/mol. The van der Waals surface area contributed by atoms with Crippen molar-refractivity contribution >= 4 is 12.4 Å². The van der Waals surface area contributed by atoms with Gasteiger partial charge in [-0.15, -0.1) is 12.4 Å². The summed E-state index contributed by atoms with van der Waals surface area (Å²) in [4.78, 5) is 4.24. The van der Waals surface area contributed by atoms with Gasteiger partial charge in [-0.3, -0.25) is 4.98 Å². The molecule has 0 aromatic carbocycles. The molecule has 0 saturated carbocycles. The summed E-state index contributed by atoms with van der Waals surface area (Å²) in [5.74, 6) is 0. The molecule has 1 aromatic heterocycles. The van der Waals surface area contributed by atoms with Gasteiger partial charge in [0.2, 0.25) is 0 Å². The predicted molar refractivity (Wildman–Crippen MR) is 46.8 cm³/mol. The smallest absolute Gasteiger partial charge is 0.0573 e. The highest BCUT2D eigenvalue weighted by atomic mass is 35.5. The average molecular weight is 171 g/mol. The lowest BCUT2D eigenvalue weighted by atomic mass is 10.0. The first-order valence-electron chi connectivity index (χ1n) is 3.61. The first-order chi connectivity index (χ1) is 4.97. The second-order valence-electron chi connectivity index (χ2n) is 2.55. The zero-order chi connectivity index (χ0) is 6.81. The lowest BCUT2D eigenvalue weighted by molar-refractivity contribution is 0.375. The molecule has 0 spiro atoms. The van der Waals surface area contributed by atoms with Crippen LogP contribution in [0.15, 0.2) is 24.4 Å². The van der Waals surface area contributed by atoms with Crippen LogP contribution in [-0.2, 0) is 0 Å². The molecule has 0 radical (unpaired) electrons. The van der Waals surface area contributed by atoms with Crippen LogP contribution < -0.4 is 5.32 Å². The number of aromatic nitrogens is 1. The monoisotopic (exact) mass is 170 g/mol. The Kier molecular flexibility index (Phi) is 2.85. The minimum absolute atomic E-state index is 0. The van der Waals surface area contributed by atoms with Gasteiger partial charge in [-0.05, 0) is 25.1 Å². The van der Waals surface area contributed by atoms with Gasteiger partial charge in [-0.2, -0.15) is 0 Å². The third kappa shape index (κ3) is 1.70. The van der Waals surface area contributed by atoms with E-state index in [0.717, 1.165) is 6.54 Å². The van der Waals surface area contributed by atoms with Crippen molar-refractivity contribution < 1.29 is 0 Å². The standard InChI is InChI=1S/C8H10N2.ClH/c1-2-5-9-7(3-1)8-4-6-10-8;/h1-3,5,8,10H,4,6H2;1H/t8-;/m1./s1. The molecule has 1 saturated heterocycles. The summed E-state index contributed by atoms with van der Waals surface area (Å²) >= 11 is 0. The van der Waals surface area contributed by atoms with Gasteiger partial charge < -0.3 is 5.32 Å². The van der Waals surface area contributed by atoms with Gasteiger partial charge in [0.25, 0.3) is 0 Å². The molecule has 1 aromatic rings. The van der Waals surface area contributed by atoms with Gasteiger partial charge >= 0.3 is 0 Å². The molecule has 11 heavy (non-hydrogen) atoms. The van der Waals surface area contributed by atoms with Crippen molar-refractivity contribution in [1.29, 1.82) is 0 Å². The molecule has 0 aliphatic carbocycles. The third-order valence-corrected chi connectivity index (χ3v) is 1.87. The first-order valence-corrected chi connectivity index (χ1v) is 3.61. The Morgan fingerprint density at radius 2 is 2.27 bits per heavy atom. The van der Waals surface area contributed by atoms with E-state index in [1.54, 1.807) is 0 Å². The van der Waals surface area contributed by atoms with Crippen LogP contribution in [0.1, 0.15) is 18.2 Å². The van der Waals surface area contributed by atoms with Crippen LogP contribution in [0.2, 0.25) is 0 Å². The van der Waals surface area contributed by atoms with Gasteiger partial charge in [0, 0.05) is 6.20 Å². The van der Waals surface area contributed by atoms with Crippen molar-refractivity contribution in [2.24, 2.45) is 0 Å². The summed E-state index contributed by atoms with van der Waals surface area (Å²) in [5, 5.41) is 3.30. The summed E-state index contributed by atoms with van der Waals surface area (Å²) in [6.07, 6.45) is 3.08. The lowest BCUT2D eigenvalue weighted by Gasteiger charge is -2.26. The maximum atomic E-state index is 4.24. The molecule has 2 rings (SSSR count). The van der Waals surface area contributed by atoms with Gasteiger partial charge in [0.05, 0.1) is 11.7 Å². The molecule has 0 unspecified atom stereocenters. The van der Waals surface area contributed by atoms with Crippen LogP contribution in [0.5, 0.6) is 0 Å². The maximum absolute atomic E-state index is 4.24. The van der Waals surface area contributed by atoms with Crippen molar-refractivity contribution in [3.8, 4) is 0 Å². The predicted octanol–water partition coefficient (Wildman–Crippen LogP) is 1.54. The molecule has 0 bridgehead atoms. The molecule has 2 heterocycles. The second-order valence-corrected chi connectivity index (χ2v) is 2.55. The summed E-state index contributed by atoms with van der Waals surface area (Å²) in [5.41, 5.74) is 1.17. The number of hydrogen-bond acceptors (Lipinski definition) is 2. The van der Waals surface area contributed by atoms with Crippen molar-refractivity contribution in [3.63, 3.8) is 0 Å². The quantitative estimate of drug-likeness (QED) is 0.692. The van der Waals surface area contributed by atoms with E-state index in [1.165, 1.54) is 12.1 Å². The summed E-state index contributed by atoms with van der Waals surface area (Å²) in [6.45, 7) is 1.14. The Morgan fingerprint density at radius 3 is 2.73 bits per heavy atom. The topological polar surface area (TPSA) is 24.9 Å². The second kappa shape index (κ2) is 3.69. The van der Waals surface area contributed by atoms with Crippen LogP contribution in [0, 0.1) is 0 Å². The molecule has 0 amide bonds. The molecule has 60 valence electrons. The van der Waals surface area contributed by atoms with Crippen LogP contribution in [0.3, 0.4) is 0 Å². The fourth-order valence-corrected chi connectivity index (χ4v) is 1.12. The van der Waals surface area contributed by atoms with E-state index < -0.39 is 0 Å². The molecule has 1 atom stereocenters. The minimum Gasteiger partial charge on any atom is -0.309 e. The molecule has 1 fully saturated rings. The Labute approximate surface area is 72.4 Å². The van der Waals surface area contributed by atoms with E-state index in [2.05, 4.69) is 16.4 Å². The summed E-state index contributed by atoms with van der Waals surface area (Å²) in [6, 6.07) is 6.57. The molecule has 3 heteroatoms. The number of halogens is 1. The normalized spacial score (nSPS) is 21.6. The minimum atomic E-state index is 0. The molecule has 1 aliphatic heterocycles. The fraction of sp³-hybridized carbons (Fsp3) is 0.375. The highest BCUT2D eigenvalue weighted by Crippen LogP contribution is 2.19. The van der Waals surface area contributed by atoms with Crippen molar-refractivity contribution in [3.05, 3.63) is 30.1 Å². The van der Waals surface area contributed by atoms with Gasteiger partial charge in [-0.1, -0.05) is 6.07 Å². The van der Waals surface area contributed by atoms with Crippen LogP contribution in [-0.4, -0.2) is 11.5 Å². The fourth-order valence-electron chi connectivity index (χ4n) is 1.12. The highest BCUT2D eigenvalue weighted by Gasteiger charge is 2.18. The lowest BCUT2D eigenvalue weighted by Crippen LogP contribution is -2.35. The van der Waals surface area contributed by atoms with Crippen molar-refractivity contribution in [2.45, 2.75) is 12.5 Å². The average Bonchev–Trinajstić information content (AvgIpc) is 1.86. The number of nitrogens with one attached hydrogen (secondary N) is 1. The van der Waals surface area contributed by atoms with E-state index in [-0.39, 0.29) is 12.4 Å². The van der Waals surface area contributed by atoms with Gasteiger partial charge in [0.1, 0.15) is 0 Å². The summed E-state index contributed by atoms with van der Waals surface area (Å²) in [7, 11) is 0. The zero-order valence-electron chi connectivity index (χ0n) is 6.16. The Balaban J connectivity index is 0.000000605. The highest BCUT2D eigenvalue weighted by molar-refractivity contribution is 5.85. The summed E-state index contributed by atoms with van der Waals surface area (Å²) < 4.78 is 0.